The third kappa shape index (κ3) is 4.50. The van der Waals surface area contributed by atoms with Crippen molar-refractivity contribution in [3.8, 4) is 5.69 Å². The molecular formula is C20H15F3N6OS. The van der Waals surface area contributed by atoms with Crippen LogP contribution in [0.2, 0.25) is 0 Å². The van der Waals surface area contributed by atoms with Gasteiger partial charge in [-0.1, -0.05) is 46.8 Å². The first-order chi connectivity index (χ1) is 14.8. The summed E-state index contributed by atoms with van der Waals surface area (Å²) in [5.74, 6) is -0.755. The van der Waals surface area contributed by atoms with Crippen molar-refractivity contribution in [3.05, 3.63) is 66.0 Å². The maximum absolute atomic E-state index is 13.1. The first-order valence-electron chi connectivity index (χ1n) is 9.05. The molecule has 0 saturated heterocycles. The normalized spacial score (nSPS) is 11.6. The number of amides is 1. The van der Waals surface area contributed by atoms with Crippen molar-refractivity contribution < 1.29 is 18.0 Å². The number of halogens is 3. The number of benzene rings is 2. The van der Waals surface area contributed by atoms with Crippen molar-refractivity contribution in [3.63, 3.8) is 0 Å². The third-order valence-electron chi connectivity index (χ3n) is 4.33. The molecule has 0 radical (unpaired) electrons. The van der Waals surface area contributed by atoms with Gasteiger partial charge in [-0.2, -0.15) is 17.9 Å². The van der Waals surface area contributed by atoms with E-state index in [0.717, 1.165) is 29.1 Å². The molecule has 1 amide bonds. The summed E-state index contributed by atoms with van der Waals surface area (Å²) in [4.78, 5) is 20.6. The number of hydrogen-bond donors (Lipinski definition) is 1. The predicted octanol–water partition coefficient (Wildman–Crippen LogP) is 4.27. The lowest BCUT2D eigenvalue weighted by molar-refractivity contribution is -0.137. The number of rotatable bonds is 5. The van der Waals surface area contributed by atoms with Crippen LogP contribution in [0.3, 0.4) is 0 Å². The van der Waals surface area contributed by atoms with E-state index in [4.69, 9.17) is 0 Å². The van der Waals surface area contributed by atoms with Crippen molar-refractivity contribution >= 4 is 34.5 Å². The molecule has 0 spiro atoms. The van der Waals surface area contributed by atoms with Gasteiger partial charge in [0.25, 0.3) is 0 Å². The molecule has 0 aliphatic rings. The molecule has 0 atom stereocenters. The Labute approximate surface area is 178 Å². The summed E-state index contributed by atoms with van der Waals surface area (Å²) in [5, 5.41) is 10.9. The number of thioether (sulfide) groups is 1. The van der Waals surface area contributed by atoms with Gasteiger partial charge in [0.05, 0.1) is 22.7 Å². The van der Waals surface area contributed by atoms with Gasteiger partial charge in [0, 0.05) is 0 Å². The van der Waals surface area contributed by atoms with Crippen LogP contribution in [-0.4, -0.2) is 36.6 Å². The molecule has 1 N–H and O–H groups in total. The highest BCUT2D eigenvalue weighted by Crippen LogP contribution is 2.34. The lowest BCUT2D eigenvalue weighted by atomic mass is 10.1. The zero-order valence-corrected chi connectivity index (χ0v) is 16.9. The molecule has 0 aliphatic carbocycles. The van der Waals surface area contributed by atoms with Crippen LogP contribution in [0, 0.1) is 6.92 Å². The molecule has 158 valence electrons. The summed E-state index contributed by atoms with van der Waals surface area (Å²) < 4.78 is 40.8. The molecule has 7 nitrogen and oxygen atoms in total. The summed E-state index contributed by atoms with van der Waals surface area (Å²) in [6.45, 7) is 1.97. The molecule has 0 bridgehead atoms. The van der Waals surface area contributed by atoms with Gasteiger partial charge < -0.3 is 5.32 Å². The molecule has 4 aromatic rings. The van der Waals surface area contributed by atoms with Crippen LogP contribution in [0.4, 0.5) is 18.9 Å². The molecule has 0 saturated carbocycles. The van der Waals surface area contributed by atoms with Crippen LogP contribution in [0.15, 0.2) is 59.9 Å². The van der Waals surface area contributed by atoms with E-state index in [2.05, 4.69) is 25.6 Å². The number of anilines is 1. The number of aromatic nitrogens is 5. The second-order valence-electron chi connectivity index (χ2n) is 6.57. The molecule has 2 aromatic carbocycles. The maximum Gasteiger partial charge on any atom is 0.418 e. The monoisotopic (exact) mass is 444 g/mol. The lowest BCUT2D eigenvalue weighted by Crippen LogP contribution is -2.18. The van der Waals surface area contributed by atoms with Gasteiger partial charge in [-0.15, -0.1) is 5.10 Å². The van der Waals surface area contributed by atoms with E-state index < -0.39 is 17.6 Å². The molecule has 11 heteroatoms. The van der Waals surface area contributed by atoms with Crippen LogP contribution in [0.1, 0.15) is 11.1 Å². The summed E-state index contributed by atoms with van der Waals surface area (Å²) in [6, 6.07) is 12.4. The number of alkyl halides is 3. The van der Waals surface area contributed by atoms with Gasteiger partial charge in [0.15, 0.2) is 11.2 Å². The predicted molar refractivity (Wildman–Crippen MR) is 110 cm³/mol. The van der Waals surface area contributed by atoms with Crippen molar-refractivity contribution in [1.82, 2.24) is 25.0 Å². The highest BCUT2D eigenvalue weighted by molar-refractivity contribution is 8.00. The number of nitrogens with one attached hydrogen (secondary N) is 1. The fourth-order valence-electron chi connectivity index (χ4n) is 2.85. The van der Waals surface area contributed by atoms with Crippen molar-refractivity contribution in [2.45, 2.75) is 18.1 Å². The first-order valence-corrected chi connectivity index (χ1v) is 10.0. The number of carbonyl (C=O) groups is 1. The van der Waals surface area contributed by atoms with E-state index in [-0.39, 0.29) is 11.4 Å². The molecule has 0 fully saturated rings. The summed E-state index contributed by atoms with van der Waals surface area (Å²) in [6.07, 6.45) is -3.24. The standard InChI is InChI=1S/C20H15F3N6OS/c1-12-6-8-13(9-7-12)29-18-17(27-28-29)19(25-11-24-18)31-10-16(30)26-15-5-3-2-4-14(15)20(21,22)23/h2-9,11H,10H2,1H3,(H,26,30). The number of carbonyl (C=O) groups excluding carboxylic acids is 1. The number of para-hydroxylation sites is 1. The van der Waals surface area contributed by atoms with Crippen LogP contribution in [0.25, 0.3) is 16.9 Å². The fraction of sp³-hybridized carbons (Fsp3) is 0.150. The van der Waals surface area contributed by atoms with Crippen LogP contribution in [0.5, 0.6) is 0 Å². The van der Waals surface area contributed by atoms with E-state index in [1.54, 1.807) is 4.68 Å². The Hall–Kier alpha value is -3.47. The fourth-order valence-corrected chi connectivity index (χ4v) is 3.58. The van der Waals surface area contributed by atoms with Gasteiger partial charge in [-0.3, -0.25) is 4.79 Å². The maximum atomic E-state index is 13.1. The molecule has 0 unspecified atom stereocenters. The smallest absolute Gasteiger partial charge is 0.325 e. The molecule has 2 aromatic heterocycles. The molecule has 4 rings (SSSR count). The zero-order chi connectivity index (χ0) is 22.0. The van der Waals surface area contributed by atoms with E-state index >= 15 is 0 Å². The molecular weight excluding hydrogens is 429 g/mol. The number of hydrogen-bond acceptors (Lipinski definition) is 6. The van der Waals surface area contributed by atoms with Crippen molar-refractivity contribution in [1.29, 1.82) is 0 Å². The van der Waals surface area contributed by atoms with Crippen molar-refractivity contribution in [2.75, 3.05) is 11.1 Å². The Morgan fingerprint density at radius 2 is 1.84 bits per heavy atom. The SMILES string of the molecule is Cc1ccc(-n2nnc3c(SCC(=O)Nc4ccccc4C(F)(F)F)ncnc32)cc1. The minimum absolute atomic E-state index is 0.157. The largest absolute Gasteiger partial charge is 0.418 e. The average molecular weight is 444 g/mol. The number of aryl methyl sites for hydroxylation is 1. The van der Waals surface area contributed by atoms with Gasteiger partial charge in [-0.25, -0.2) is 9.97 Å². The van der Waals surface area contributed by atoms with E-state index in [9.17, 15) is 18.0 Å². The Morgan fingerprint density at radius 1 is 1.10 bits per heavy atom. The Bertz CT molecular complexity index is 1240. The lowest BCUT2D eigenvalue weighted by Gasteiger charge is -2.13. The number of fused-ring (bicyclic) bond motifs is 1. The second kappa shape index (κ2) is 8.34. The first kappa shape index (κ1) is 20.8. The van der Waals surface area contributed by atoms with Crippen molar-refractivity contribution in [2.24, 2.45) is 0 Å². The van der Waals surface area contributed by atoms with Crippen LogP contribution < -0.4 is 5.32 Å². The Kier molecular flexibility index (Phi) is 5.59. The quantitative estimate of drug-likeness (QED) is 0.366. The van der Waals surface area contributed by atoms with Gasteiger partial charge in [-0.05, 0) is 31.2 Å². The summed E-state index contributed by atoms with van der Waals surface area (Å²) in [7, 11) is 0. The Morgan fingerprint density at radius 3 is 2.58 bits per heavy atom. The molecule has 2 heterocycles. The average Bonchev–Trinajstić information content (AvgIpc) is 3.17. The van der Waals surface area contributed by atoms with E-state index in [0.29, 0.717) is 16.2 Å². The minimum atomic E-state index is -4.57. The molecule has 31 heavy (non-hydrogen) atoms. The molecule has 0 aliphatic heterocycles. The van der Waals surface area contributed by atoms with Gasteiger partial charge >= 0.3 is 6.18 Å². The van der Waals surface area contributed by atoms with Gasteiger partial charge in [0.2, 0.25) is 5.91 Å². The topological polar surface area (TPSA) is 85.6 Å². The van der Waals surface area contributed by atoms with Gasteiger partial charge in [0.1, 0.15) is 11.4 Å². The van der Waals surface area contributed by atoms with Crippen LogP contribution in [-0.2, 0) is 11.0 Å². The minimum Gasteiger partial charge on any atom is -0.325 e. The highest BCUT2D eigenvalue weighted by atomic mass is 32.2. The Balaban J connectivity index is 1.51. The van der Waals surface area contributed by atoms with E-state index in [1.807, 2.05) is 31.2 Å². The number of nitrogens with zero attached hydrogens (tertiary/aromatic N) is 5. The zero-order valence-electron chi connectivity index (χ0n) is 16.1. The summed E-state index contributed by atoms with van der Waals surface area (Å²) >= 11 is 1.04. The van der Waals surface area contributed by atoms with E-state index in [1.165, 1.54) is 24.5 Å². The summed E-state index contributed by atoms with van der Waals surface area (Å²) in [5.41, 5.74) is 1.53. The van der Waals surface area contributed by atoms with Crippen LogP contribution >= 0.6 is 11.8 Å². The third-order valence-corrected chi connectivity index (χ3v) is 5.31. The highest BCUT2D eigenvalue weighted by Gasteiger charge is 2.33. The second-order valence-corrected chi connectivity index (χ2v) is 7.53.